The highest BCUT2D eigenvalue weighted by Crippen LogP contribution is 2.29. The number of hydrogen-bond donors (Lipinski definition) is 0. The lowest BCUT2D eigenvalue weighted by Crippen LogP contribution is -2.50. The van der Waals surface area contributed by atoms with Gasteiger partial charge in [0.05, 0.1) is 33.5 Å². The van der Waals surface area contributed by atoms with Crippen LogP contribution in [0.2, 0.25) is 0 Å². The molecule has 144 valence electrons. The van der Waals surface area contributed by atoms with Gasteiger partial charge in [0.1, 0.15) is 0 Å². The number of thioether (sulfide) groups is 1. The normalized spacial score (nSPS) is 21.9. The molecular formula is C19H28N2O4S. The molecule has 26 heavy (non-hydrogen) atoms. The molecule has 0 bridgehead atoms. The van der Waals surface area contributed by atoms with Gasteiger partial charge in [-0.15, -0.1) is 0 Å². The van der Waals surface area contributed by atoms with E-state index in [-0.39, 0.29) is 11.9 Å². The van der Waals surface area contributed by atoms with E-state index in [0.717, 1.165) is 57.3 Å². The molecule has 0 saturated carbocycles. The fourth-order valence-electron chi connectivity index (χ4n) is 3.46. The Hall–Kier alpha value is -1.44. The Bertz CT molecular complexity index is 607. The molecule has 6 nitrogen and oxygen atoms in total. The van der Waals surface area contributed by atoms with Crippen LogP contribution in [0, 0.1) is 0 Å². The van der Waals surface area contributed by atoms with Gasteiger partial charge in [0.25, 0.3) is 5.91 Å². The van der Waals surface area contributed by atoms with E-state index in [9.17, 15) is 4.79 Å². The fourth-order valence-corrected chi connectivity index (χ4v) is 4.52. The molecule has 0 aromatic heterocycles. The largest absolute Gasteiger partial charge is 0.493 e. The second-order valence-corrected chi connectivity index (χ2v) is 7.71. The van der Waals surface area contributed by atoms with Gasteiger partial charge in [0, 0.05) is 37.5 Å². The number of rotatable bonds is 5. The summed E-state index contributed by atoms with van der Waals surface area (Å²) in [6.45, 7) is 5.16. The van der Waals surface area contributed by atoms with Crippen molar-refractivity contribution in [2.75, 3.05) is 65.1 Å². The number of carbonyl (C=O) groups excluding carboxylic acids is 1. The van der Waals surface area contributed by atoms with Crippen LogP contribution >= 0.6 is 11.8 Å². The Kier molecular flexibility index (Phi) is 7.05. The van der Waals surface area contributed by atoms with Crippen molar-refractivity contribution in [2.45, 2.75) is 12.5 Å². The fraction of sp³-hybridized carbons (Fsp3) is 0.632. The average molecular weight is 381 g/mol. The van der Waals surface area contributed by atoms with Gasteiger partial charge in [-0.1, -0.05) is 0 Å². The topological polar surface area (TPSA) is 51.2 Å². The molecule has 2 saturated heterocycles. The molecule has 0 N–H and O–H groups in total. The second kappa shape index (κ2) is 9.48. The van der Waals surface area contributed by atoms with Crippen molar-refractivity contribution >= 4 is 17.7 Å². The highest BCUT2D eigenvalue weighted by atomic mass is 32.2. The molecule has 3 rings (SSSR count). The number of carbonyl (C=O) groups is 1. The van der Waals surface area contributed by atoms with Crippen molar-refractivity contribution in [3.63, 3.8) is 0 Å². The van der Waals surface area contributed by atoms with Crippen LogP contribution in [0.15, 0.2) is 18.2 Å². The highest BCUT2D eigenvalue weighted by molar-refractivity contribution is 7.99. The van der Waals surface area contributed by atoms with E-state index in [2.05, 4.69) is 9.80 Å². The van der Waals surface area contributed by atoms with E-state index in [1.54, 1.807) is 26.4 Å². The van der Waals surface area contributed by atoms with Crippen molar-refractivity contribution in [1.29, 1.82) is 0 Å². The summed E-state index contributed by atoms with van der Waals surface area (Å²) in [6.07, 6.45) is 1.03. The minimum atomic E-state index is 0.0757. The molecule has 2 heterocycles. The first-order valence-corrected chi connectivity index (χ1v) is 10.3. The van der Waals surface area contributed by atoms with Crippen LogP contribution in [0.25, 0.3) is 0 Å². The van der Waals surface area contributed by atoms with Crippen molar-refractivity contribution in [1.82, 2.24) is 9.80 Å². The standard InChI is InChI=1S/C19H28N2O4S/c1-23-17-5-4-15(12-18(17)24-2)19(22)21-6-3-11-26-14-16(21)13-20-7-9-25-10-8-20/h4-5,12,16H,3,6-11,13-14H2,1-2H3. The van der Waals surface area contributed by atoms with Gasteiger partial charge in [-0.2, -0.15) is 11.8 Å². The SMILES string of the molecule is COc1ccc(C(=O)N2CCCSCC2CN2CCOCC2)cc1OC. The van der Waals surface area contributed by atoms with Crippen LogP contribution < -0.4 is 9.47 Å². The molecule has 1 atom stereocenters. The molecule has 2 aliphatic heterocycles. The number of hydrogen-bond acceptors (Lipinski definition) is 6. The summed E-state index contributed by atoms with van der Waals surface area (Å²) in [4.78, 5) is 17.7. The van der Waals surface area contributed by atoms with Crippen molar-refractivity contribution < 1.29 is 19.0 Å². The van der Waals surface area contributed by atoms with Gasteiger partial charge in [-0.05, 0) is 30.4 Å². The number of nitrogens with zero attached hydrogens (tertiary/aromatic N) is 2. The summed E-state index contributed by atoms with van der Waals surface area (Å²) in [5.41, 5.74) is 0.654. The molecule has 2 aliphatic rings. The summed E-state index contributed by atoms with van der Waals surface area (Å²) in [5, 5.41) is 0. The quantitative estimate of drug-likeness (QED) is 0.779. The molecule has 1 aromatic rings. The smallest absolute Gasteiger partial charge is 0.254 e. The average Bonchev–Trinajstić information content (AvgIpc) is 2.93. The van der Waals surface area contributed by atoms with Gasteiger partial charge >= 0.3 is 0 Å². The molecule has 1 amide bonds. The predicted octanol–water partition coefficient (Wildman–Crippen LogP) is 1.98. The summed E-state index contributed by atoms with van der Waals surface area (Å²) in [7, 11) is 3.19. The number of amides is 1. The summed E-state index contributed by atoms with van der Waals surface area (Å²) >= 11 is 1.95. The second-order valence-electron chi connectivity index (χ2n) is 6.56. The zero-order chi connectivity index (χ0) is 18.4. The molecule has 0 spiro atoms. The van der Waals surface area contributed by atoms with E-state index < -0.39 is 0 Å². The van der Waals surface area contributed by atoms with Crippen molar-refractivity contribution in [2.24, 2.45) is 0 Å². The number of morpholine rings is 1. The van der Waals surface area contributed by atoms with E-state index in [0.29, 0.717) is 17.1 Å². The summed E-state index contributed by atoms with van der Waals surface area (Å²) in [6, 6.07) is 5.63. The summed E-state index contributed by atoms with van der Waals surface area (Å²) < 4.78 is 16.1. The first-order valence-electron chi connectivity index (χ1n) is 9.13. The van der Waals surface area contributed by atoms with Crippen LogP contribution in [-0.2, 0) is 4.74 Å². The van der Waals surface area contributed by atoms with E-state index in [4.69, 9.17) is 14.2 Å². The molecule has 1 unspecified atom stereocenters. The lowest BCUT2D eigenvalue weighted by molar-refractivity contribution is 0.0245. The third kappa shape index (κ3) is 4.64. The van der Waals surface area contributed by atoms with E-state index in [1.165, 1.54) is 0 Å². The van der Waals surface area contributed by atoms with Crippen molar-refractivity contribution in [3.8, 4) is 11.5 Å². The lowest BCUT2D eigenvalue weighted by Gasteiger charge is -2.35. The van der Waals surface area contributed by atoms with Crippen molar-refractivity contribution in [3.05, 3.63) is 23.8 Å². The van der Waals surface area contributed by atoms with Gasteiger partial charge in [0.15, 0.2) is 11.5 Å². The molecule has 2 fully saturated rings. The maximum absolute atomic E-state index is 13.2. The summed E-state index contributed by atoms with van der Waals surface area (Å²) in [5.74, 6) is 3.39. The third-order valence-corrected chi connectivity index (χ3v) is 6.10. The molecule has 7 heteroatoms. The van der Waals surface area contributed by atoms with Crippen LogP contribution in [-0.4, -0.2) is 86.9 Å². The first-order chi connectivity index (χ1) is 12.7. The number of methoxy groups -OCH3 is 2. The Morgan fingerprint density at radius 2 is 1.96 bits per heavy atom. The van der Waals surface area contributed by atoms with E-state index in [1.807, 2.05) is 17.8 Å². The zero-order valence-corrected chi connectivity index (χ0v) is 16.4. The van der Waals surface area contributed by atoms with Crippen LogP contribution in [0.1, 0.15) is 16.8 Å². The van der Waals surface area contributed by atoms with Crippen LogP contribution in [0.5, 0.6) is 11.5 Å². The Morgan fingerprint density at radius 3 is 2.69 bits per heavy atom. The number of ether oxygens (including phenoxy) is 3. The van der Waals surface area contributed by atoms with Gasteiger partial charge in [-0.3, -0.25) is 9.69 Å². The van der Waals surface area contributed by atoms with E-state index >= 15 is 0 Å². The molecular weight excluding hydrogens is 352 g/mol. The molecule has 0 radical (unpaired) electrons. The zero-order valence-electron chi connectivity index (χ0n) is 15.6. The highest BCUT2D eigenvalue weighted by Gasteiger charge is 2.29. The Balaban J connectivity index is 1.77. The molecule has 1 aromatic carbocycles. The first kappa shape index (κ1) is 19.3. The maximum Gasteiger partial charge on any atom is 0.254 e. The lowest BCUT2D eigenvalue weighted by atomic mass is 10.1. The predicted molar refractivity (Wildman–Crippen MR) is 104 cm³/mol. The van der Waals surface area contributed by atoms with Crippen LogP contribution in [0.3, 0.4) is 0 Å². The van der Waals surface area contributed by atoms with Gasteiger partial charge in [-0.25, -0.2) is 0 Å². The number of benzene rings is 1. The minimum Gasteiger partial charge on any atom is -0.493 e. The maximum atomic E-state index is 13.2. The van der Waals surface area contributed by atoms with Gasteiger partial charge in [0.2, 0.25) is 0 Å². The monoisotopic (exact) mass is 380 g/mol. The Morgan fingerprint density at radius 1 is 1.19 bits per heavy atom. The molecule has 0 aliphatic carbocycles. The third-order valence-electron chi connectivity index (χ3n) is 4.90. The Labute approximate surface area is 159 Å². The minimum absolute atomic E-state index is 0.0757. The van der Waals surface area contributed by atoms with Gasteiger partial charge < -0.3 is 19.1 Å². The van der Waals surface area contributed by atoms with Crippen LogP contribution in [0.4, 0.5) is 0 Å².